The van der Waals surface area contributed by atoms with Crippen molar-refractivity contribution in [3.8, 4) is 0 Å². The largest absolute Gasteiger partial charge is 0.336 e. The number of nitrogens with zero attached hydrogens (tertiary/aromatic N) is 3. The van der Waals surface area contributed by atoms with Gasteiger partial charge >= 0.3 is 0 Å². The van der Waals surface area contributed by atoms with Crippen molar-refractivity contribution in [2.24, 2.45) is 0 Å². The second-order valence-corrected chi connectivity index (χ2v) is 6.35. The smallest absolute Gasteiger partial charge is 0.253 e. The molecule has 1 unspecified atom stereocenters. The molecule has 1 atom stereocenters. The van der Waals surface area contributed by atoms with E-state index in [1.165, 1.54) is 6.33 Å². The minimum atomic E-state index is 0.114. The molecule has 0 bridgehead atoms. The van der Waals surface area contributed by atoms with E-state index in [0.717, 1.165) is 41.7 Å². The van der Waals surface area contributed by atoms with Crippen LogP contribution in [0.5, 0.6) is 0 Å². The summed E-state index contributed by atoms with van der Waals surface area (Å²) < 4.78 is 0. The Kier molecular flexibility index (Phi) is 4.74. The lowest BCUT2D eigenvalue weighted by atomic mass is 10.1. The molecule has 116 valence electrons. The van der Waals surface area contributed by atoms with E-state index in [1.807, 2.05) is 29.2 Å². The van der Waals surface area contributed by atoms with Gasteiger partial charge in [0.25, 0.3) is 5.91 Å². The van der Waals surface area contributed by atoms with Crippen molar-refractivity contribution < 1.29 is 4.79 Å². The van der Waals surface area contributed by atoms with E-state index in [-0.39, 0.29) is 5.91 Å². The lowest BCUT2D eigenvalue weighted by Crippen LogP contribution is -2.51. The third-order valence-electron chi connectivity index (χ3n) is 3.63. The van der Waals surface area contributed by atoms with E-state index in [1.54, 1.807) is 11.8 Å². The Morgan fingerprint density at radius 2 is 2.23 bits per heavy atom. The molecule has 7 heteroatoms. The van der Waals surface area contributed by atoms with E-state index in [0.29, 0.717) is 6.04 Å². The molecular weight excluding hydrogens is 298 g/mol. The molecule has 3 rings (SSSR count). The van der Waals surface area contributed by atoms with Gasteiger partial charge in [-0.3, -0.25) is 9.89 Å². The Morgan fingerprint density at radius 1 is 1.41 bits per heavy atom. The lowest BCUT2D eigenvalue weighted by Gasteiger charge is -2.32. The summed E-state index contributed by atoms with van der Waals surface area (Å²) in [6.07, 6.45) is 1.50. The first-order valence-electron chi connectivity index (χ1n) is 7.32. The van der Waals surface area contributed by atoms with Gasteiger partial charge in [-0.2, -0.15) is 5.10 Å². The summed E-state index contributed by atoms with van der Waals surface area (Å²) in [6.45, 7) is 4.50. The number of amides is 1. The van der Waals surface area contributed by atoms with Crippen LogP contribution < -0.4 is 5.32 Å². The molecule has 1 amide bonds. The molecule has 0 saturated carbocycles. The average Bonchev–Trinajstić information content (AvgIpc) is 3.06. The molecule has 1 aromatic carbocycles. The van der Waals surface area contributed by atoms with Gasteiger partial charge in [-0.25, -0.2) is 4.98 Å². The highest BCUT2D eigenvalue weighted by molar-refractivity contribution is 7.98. The highest BCUT2D eigenvalue weighted by atomic mass is 32.2. The molecule has 2 aromatic rings. The van der Waals surface area contributed by atoms with Crippen LogP contribution in [0.4, 0.5) is 0 Å². The quantitative estimate of drug-likeness (QED) is 0.837. The number of piperazine rings is 1. The first-order chi connectivity index (χ1) is 10.7. The molecular formula is C15H19N5OS. The van der Waals surface area contributed by atoms with Gasteiger partial charge < -0.3 is 10.2 Å². The molecule has 6 nitrogen and oxygen atoms in total. The van der Waals surface area contributed by atoms with Gasteiger partial charge in [0, 0.05) is 37.0 Å². The number of thioether (sulfide) groups is 1. The lowest BCUT2D eigenvalue weighted by molar-refractivity contribution is 0.0709. The van der Waals surface area contributed by atoms with Gasteiger partial charge in [-0.1, -0.05) is 23.9 Å². The van der Waals surface area contributed by atoms with E-state index in [2.05, 4.69) is 27.4 Å². The van der Waals surface area contributed by atoms with Crippen molar-refractivity contribution >= 4 is 17.7 Å². The Hall–Kier alpha value is -1.86. The van der Waals surface area contributed by atoms with Gasteiger partial charge in [0.05, 0.1) is 0 Å². The van der Waals surface area contributed by atoms with Crippen molar-refractivity contribution in [2.45, 2.75) is 23.9 Å². The zero-order valence-corrected chi connectivity index (χ0v) is 13.3. The standard InChI is InChI=1S/C15H19N5OS/c1-11-8-20(7-6-16-11)14(21)13-4-2-12(3-5-13)9-22-15-17-10-18-19-15/h2-5,10-11,16H,6-9H2,1H3,(H,17,18,19). The van der Waals surface area contributed by atoms with E-state index < -0.39 is 0 Å². The summed E-state index contributed by atoms with van der Waals surface area (Å²) in [7, 11) is 0. The number of carbonyl (C=O) groups is 1. The number of H-pyrrole nitrogens is 1. The van der Waals surface area contributed by atoms with Crippen molar-refractivity contribution in [3.05, 3.63) is 41.7 Å². The van der Waals surface area contributed by atoms with Crippen LogP contribution in [0.3, 0.4) is 0 Å². The van der Waals surface area contributed by atoms with Gasteiger partial charge in [-0.15, -0.1) is 0 Å². The summed E-state index contributed by atoms with van der Waals surface area (Å²) in [5, 5.41) is 10.8. The molecule has 1 aromatic heterocycles. The molecule has 22 heavy (non-hydrogen) atoms. The number of hydrogen-bond acceptors (Lipinski definition) is 5. The summed E-state index contributed by atoms with van der Waals surface area (Å²) in [5.41, 5.74) is 1.91. The SMILES string of the molecule is CC1CN(C(=O)c2ccc(CSc3ncn[nH]3)cc2)CCN1. The van der Waals surface area contributed by atoms with Crippen LogP contribution in [0.25, 0.3) is 0 Å². The molecule has 1 aliphatic rings. The zero-order valence-electron chi connectivity index (χ0n) is 12.5. The summed E-state index contributed by atoms with van der Waals surface area (Å²) in [6, 6.07) is 8.18. The minimum Gasteiger partial charge on any atom is -0.336 e. The minimum absolute atomic E-state index is 0.114. The second kappa shape index (κ2) is 6.93. The molecule has 1 saturated heterocycles. The highest BCUT2D eigenvalue weighted by Gasteiger charge is 2.21. The van der Waals surface area contributed by atoms with Crippen molar-refractivity contribution in [2.75, 3.05) is 19.6 Å². The molecule has 2 N–H and O–H groups in total. The molecule has 0 spiro atoms. The predicted octanol–water partition coefficient (Wildman–Crippen LogP) is 1.53. The molecule has 0 aliphatic carbocycles. The van der Waals surface area contributed by atoms with Gasteiger partial charge in [0.1, 0.15) is 6.33 Å². The van der Waals surface area contributed by atoms with Crippen LogP contribution >= 0.6 is 11.8 Å². The van der Waals surface area contributed by atoms with Crippen LogP contribution in [-0.4, -0.2) is 51.7 Å². The van der Waals surface area contributed by atoms with Gasteiger partial charge in [0.15, 0.2) is 5.16 Å². The maximum atomic E-state index is 12.5. The molecule has 2 heterocycles. The summed E-state index contributed by atoms with van der Waals surface area (Å²) >= 11 is 1.59. The Morgan fingerprint density at radius 3 is 2.91 bits per heavy atom. The van der Waals surface area contributed by atoms with Gasteiger partial charge in [-0.05, 0) is 24.6 Å². The van der Waals surface area contributed by atoms with Gasteiger partial charge in [0.2, 0.25) is 0 Å². The first-order valence-corrected chi connectivity index (χ1v) is 8.30. The fourth-order valence-corrected chi connectivity index (χ4v) is 3.19. The van der Waals surface area contributed by atoms with Crippen LogP contribution in [0.1, 0.15) is 22.8 Å². The van der Waals surface area contributed by atoms with E-state index in [4.69, 9.17) is 0 Å². The monoisotopic (exact) mass is 317 g/mol. The zero-order chi connectivity index (χ0) is 15.4. The number of aromatic nitrogens is 3. The first kappa shape index (κ1) is 15.1. The summed E-state index contributed by atoms with van der Waals surface area (Å²) in [5.74, 6) is 0.914. The maximum absolute atomic E-state index is 12.5. The van der Waals surface area contributed by atoms with Crippen LogP contribution in [-0.2, 0) is 5.75 Å². The van der Waals surface area contributed by atoms with Crippen molar-refractivity contribution in [1.82, 2.24) is 25.4 Å². The molecule has 1 aliphatic heterocycles. The van der Waals surface area contributed by atoms with Crippen LogP contribution in [0.15, 0.2) is 35.7 Å². The number of hydrogen-bond donors (Lipinski definition) is 2. The molecule has 0 radical (unpaired) electrons. The maximum Gasteiger partial charge on any atom is 0.253 e. The third-order valence-corrected chi connectivity index (χ3v) is 4.57. The van der Waals surface area contributed by atoms with Crippen LogP contribution in [0, 0.1) is 0 Å². The number of carbonyl (C=O) groups excluding carboxylic acids is 1. The predicted molar refractivity (Wildman–Crippen MR) is 85.8 cm³/mol. The third kappa shape index (κ3) is 3.66. The van der Waals surface area contributed by atoms with E-state index in [9.17, 15) is 4.79 Å². The van der Waals surface area contributed by atoms with Crippen molar-refractivity contribution in [1.29, 1.82) is 0 Å². The second-order valence-electron chi connectivity index (χ2n) is 5.38. The Balaban J connectivity index is 1.59. The fourth-order valence-electron chi connectivity index (χ4n) is 2.46. The van der Waals surface area contributed by atoms with Crippen LogP contribution in [0.2, 0.25) is 0 Å². The van der Waals surface area contributed by atoms with Crippen molar-refractivity contribution in [3.63, 3.8) is 0 Å². The number of benzene rings is 1. The topological polar surface area (TPSA) is 73.9 Å². The Bertz CT molecular complexity index is 613. The normalized spacial score (nSPS) is 18.4. The number of aromatic amines is 1. The summed E-state index contributed by atoms with van der Waals surface area (Å²) in [4.78, 5) is 18.5. The highest BCUT2D eigenvalue weighted by Crippen LogP contribution is 2.19. The number of nitrogens with one attached hydrogen (secondary N) is 2. The van der Waals surface area contributed by atoms with E-state index >= 15 is 0 Å². The fraction of sp³-hybridized carbons (Fsp3) is 0.400. The number of rotatable bonds is 4. The Labute approximate surface area is 133 Å². The molecule has 1 fully saturated rings. The average molecular weight is 317 g/mol.